The lowest BCUT2D eigenvalue weighted by Gasteiger charge is -2.46. The Balaban J connectivity index is 0.812. The molecule has 3 aromatic carbocycles. The van der Waals surface area contributed by atoms with Crippen LogP contribution in [0.25, 0.3) is 10.9 Å². The highest BCUT2D eigenvalue weighted by atomic mass is 16.5. The van der Waals surface area contributed by atoms with Gasteiger partial charge in [0.05, 0.1) is 30.1 Å². The van der Waals surface area contributed by atoms with E-state index >= 15 is 0 Å². The molecule has 0 spiro atoms. The summed E-state index contributed by atoms with van der Waals surface area (Å²) in [6.45, 7) is 5.72. The number of aromatic hydroxyl groups is 1. The number of rotatable bonds is 15. The van der Waals surface area contributed by atoms with Crippen LogP contribution >= 0.6 is 0 Å². The van der Waals surface area contributed by atoms with Crippen LogP contribution in [0.2, 0.25) is 0 Å². The van der Waals surface area contributed by atoms with Gasteiger partial charge in [-0.2, -0.15) is 0 Å². The third-order valence-electron chi connectivity index (χ3n) is 11.7. The van der Waals surface area contributed by atoms with Gasteiger partial charge in [-0.25, -0.2) is 0 Å². The number of carbonyl (C=O) groups is 2. The van der Waals surface area contributed by atoms with E-state index in [1.54, 1.807) is 12.1 Å². The molecule has 286 valence electrons. The van der Waals surface area contributed by atoms with Crippen molar-refractivity contribution in [2.75, 3.05) is 52.4 Å². The first kappa shape index (κ1) is 37.6. The largest absolute Gasteiger partial charge is 0.506 e. The van der Waals surface area contributed by atoms with Crippen LogP contribution in [0, 0.1) is 5.92 Å². The number of unbranched alkanes of at least 4 members (excludes halogenated alkanes) is 2. The van der Waals surface area contributed by atoms with Crippen molar-refractivity contribution in [3.05, 3.63) is 106 Å². The molecule has 4 aliphatic rings. The number of aromatic nitrogens is 1. The topological polar surface area (TPSA) is 144 Å². The van der Waals surface area contributed by atoms with Crippen LogP contribution in [-0.4, -0.2) is 95.4 Å². The lowest BCUT2D eigenvalue weighted by molar-refractivity contribution is -0.168. The monoisotopic (exact) mass is 736 g/mol. The first-order chi connectivity index (χ1) is 26.3. The molecule has 2 bridgehead atoms. The number of aliphatic hydroxyl groups is 1. The molecule has 11 heteroatoms. The molecule has 4 aromatic rings. The number of H-pyrrole nitrogens is 1. The van der Waals surface area contributed by atoms with Crippen LogP contribution in [-0.2, 0) is 26.2 Å². The summed E-state index contributed by atoms with van der Waals surface area (Å²) in [7, 11) is 0. The number of ether oxygens (including phenoxy) is 2. The molecule has 4 N–H and O–H groups in total. The third kappa shape index (κ3) is 8.64. The van der Waals surface area contributed by atoms with Crippen LogP contribution in [0.3, 0.4) is 0 Å². The number of aliphatic hydroxyl groups excluding tert-OH is 1. The Morgan fingerprint density at radius 3 is 2.39 bits per heavy atom. The highest BCUT2D eigenvalue weighted by Crippen LogP contribution is 2.39. The number of esters is 1. The summed E-state index contributed by atoms with van der Waals surface area (Å²) in [5.41, 5.74) is 1.83. The summed E-state index contributed by atoms with van der Waals surface area (Å²) in [6, 6.07) is 23.9. The van der Waals surface area contributed by atoms with E-state index in [1.807, 2.05) is 59.5 Å². The summed E-state index contributed by atoms with van der Waals surface area (Å²) >= 11 is 0. The van der Waals surface area contributed by atoms with Crippen molar-refractivity contribution >= 4 is 22.8 Å². The number of likely N-dealkylation sites (tertiary alicyclic amines) is 1. The van der Waals surface area contributed by atoms with Crippen LogP contribution in [0.1, 0.15) is 67.7 Å². The van der Waals surface area contributed by atoms with Crippen molar-refractivity contribution in [3.63, 3.8) is 0 Å². The van der Waals surface area contributed by atoms with Gasteiger partial charge in [-0.15, -0.1) is 0 Å². The molecule has 4 fully saturated rings. The molecular formula is C43H52N4O7. The number of benzene rings is 3. The number of aromatic amines is 1. The van der Waals surface area contributed by atoms with E-state index in [1.165, 1.54) is 12.1 Å². The number of carbonyl (C=O) groups excluding carboxylic acids is 2. The number of fused-ring (bicyclic) bond motifs is 4. The number of phenols is 1. The molecule has 0 unspecified atom stereocenters. The fourth-order valence-corrected chi connectivity index (χ4v) is 8.41. The highest BCUT2D eigenvalue weighted by Gasteiger charge is 2.47. The Kier molecular flexibility index (Phi) is 12.0. The van der Waals surface area contributed by atoms with Gasteiger partial charge in [0.25, 0.3) is 0 Å². The second-order valence-corrected chi connectivity index (χ2v) is 15.1. The molecule has 0 saturated carbocycles. The predicted octanol–water partition coefficient (Wildman–Crippen LogP) is 4.85. The Morgan fingerprint density at radius 1 is 0.907 bits per heavy atom. The number of phenolic OH excluding ortho intramolecular Hbond substituents is 1. The molecule has 8 rings (SSSR count). The van der Waals surface area contributed by atoms with Gasteiger partial charge in [0.1, 0.15) is 17.6 Å². The van der Waals surface area contributed by atoms with E-state index in [0.717, 1.165) is 75.2 Å². The Labute approximate surface area is 316 Å². The van der Waals surface area contributed by atoms with Crippen molar-refractivity contribution in [2.24, 2.45) is 5.92 Å². The van der Waals surface area contributed by atoms with E-state index in [-0.39, 0.29) is 29.3 Å². The Morgan fingerprint density at radius 2 is 1.67 bits per heavy atom. The maximum atomic E-state index is 14.0. The first-order valence-corrected chi connectivity index (χ1v) is 19.5. The third-order valence-corrected chi connectivity index (χ3v) is 11.7. The first-order valence-electron chi connectivity index (χ1n) is 19.5. The Bertz CT molecular complexity index is 1930. The average molecular weight is 737 g/mol. The van der Waals surface area contributed by atoms with Gasteiger partial charge in [0.2, 0.25) is 11.5 Å². The van der Waals surface area contributed by atoms with E-state index in [9.17, 15) is 24.6 Å². The number of pyridine rings is 1. The molecular weight excluding hydrogens is 684 g/mol. The normalized spacial score (nSPS) is 21.1. The summed E-state index contributed by atoms with van der Waals surface area (Å²) in [6.07, 6.45) is 5.51. The van der Waals surface area contributed by atoms with Crippen molar-refractivity contribution in [1.29, 1.82) is 0 Å². The smallest absolute Gasteiger partial charge is 0.317 e. The van der Waals surface area contributed by atoms with Gasteiger partial charge < -0.3 is 34.9 Å². The van der Waals surface area contributed by atoms with E-state index in [2.05, 4.69) is 15.2 Å². The lowest BCUT2D eigenvalue weighted by atomic mass is 9.72. The van der Waals surface area contributed by atoms with Gasteiger partial charge in [0.15, 0.2) is 0 Å². The maximum absolute atomic E-state index is 14.0. The van der Waals surface area contributed by atoms with Crippen molar-refractivity contribution in [1.82, 2.24) is 20.1 Å². The fraction of sp³-hybridized carbons (Fsp3) is 0.465. The average Bonchev–Trinajstić information content (AvgIpc) is 3.20. The molecule has 1 aromatic heterocycles. The fourth-order valence-electron chi connectivity index (χ4n) is 8.41. The second kappa shape index (κ2) is 17.2. The molecule has 4 aliphatic heterocycles. The van der Waals surface area contributed by atoms with E-state index in [4.69, 9.17) is 9.47 Å². The minimum atomic E-state index is -0.783. The van der Waals surface area contributed by atoms with Crippen LogP contribution in [0.5, 0.6) is 11.5 Å². The number of hydrogen-bond acceptors (Lipinski definition) is 9. The van der Waals surface area contributed by atoms with Gasteiger partial charge in [-0.1, -0.05) is 48.5 Å². The van der Waals surface area contributed by atoms with Crippen LogP contribution < -0.4 is 15.6 Å². The minimum Gasteiger partial charge on any atom is -0.506 e. The summed E-state index contributed by atoms with van der Waals surface area (Å²) in [5.74, 6) is 1.11. The van der Waals surface area contributed by atoms with Crippen molar-refractivity contribution < 1.29 is 29.3 Å². The SMILES string of the molecule is O=C(Cc1ccc(OCCCCCNC[C@H](O)c2ccc(O)c3[nH]c(=O)ccc23)cc1)N1CCC(C(=O)O[C@H]2CN3CCC2CC3)(c2ccccc2)CC1. The van der Waals surface area contributed by atoms with Gasteiger partial charge in [0, 0.05) is 37.6 Å². The van der Waals surface area contributed by atoms with Crippen molar-refractivity contribution in [3.8, 4) is 11.5 Å². The van der Waals surface area contributed by atoms with E-state index < -0.39 is 11.5 Å². The van der Waals surface area contributed by atoms with Gasteiger partial charge in [-0.05, 0) is 111 Å². The second-order valence-electron chi connectivity index (χ2n) is 15.1. The highest BCUT2D eigenvalue weighted by molar-refractivity contribution is 5.87. The summed E-state index contributed by atoms with van der Waals surface area (Å²) in [4.78, 5) is 45.9. The molecule has 4 saturated heterocycles. The maximum Gasteiger partial charge on any atom is 0.317 e. The van der Waals surface area contributed by atoms with Crippen LogP contribution in [0.15, 0.2) is 83.7 Å². The summed E-state index contributed by atoms with van der Waals surface area (Å²) < 4.78 is 12.3. The van der Waals surface area contributed by atoms with Gasteiger partial charge in [-0.3, -0.25) is 19.3 Å². The van der Waals surface area contributed by atoms with Crippen LogP contribution in [0.4, 0.5) is 0 Å². The quantitative estimate of drug-likeness (QED) is 0.0996. The molecule has 0 radical (unpaired) electrons. The number of nitrogens with zero attached hydrogens (tertiary/aromatic N) is 2. The molecule has 54 heavy (non-hydrogen) atoms. The zero-order valence-corrected chi connectivity index (χ0v) is 30.9. The molecule has 5 heterocycles. The molecule has 2 atom stereocenters. The minimum absolute atomic E-state index is 0.0279. The molecule has 1 amide bonds. The Hall–Kier alpha value is -4.71. The zero-order valence-electron chi connectivity index (χ0n) is 30.9. The van der Waals surface area contributed by atoms with Gasteiger partial charge >= 0.3 is 5.97 Å². The number of amides is 1. The lowest BCUT2D eigenvalue weighted by Crippen LogP contribution is -2.55. The van der Waals surface area contributed by atoms with E-state index in [0.29, 0.717) is 67.9 Å². The predicted molar refractivity (Wildman–Crippen MR) is 207 cm³/mol. The summed E-state index contributed by atoms with van der Waals surface area (Å²) in [5, 5.41) is 24.7. The number of hydrogen-bond donors (Lipinski definition) is 4. The molecule has 0 aliphatic carbocycles. The zero-order chi connectivity index (χ0) is 37.5. The standard InChI is InChI=1S/C43H52N4O7/c48-36-15-13-34(35-14-16-39(50)45-41(35)36)37(49)28-44-21-5-2-6-26-53-33-11-9-30(10-12-33)27-40(51)47-24-19-43(20-25-47,32-7-3-1-4-8-32)42(52)54-38-29-46-22-17-31(38)18-23-46/h1,3-4,7-16,31,37-38,44,48-49H,2,5-6,17-29H2,(H,45,50)/t37-,38-/m0/s1. The van der Waals surface area contributed by atoms with Crippen molar-refractivity contribution in [2.45, 2.75) is 69.0 Å². The number of nitrogens with one attached hydrogen (secondary N) is 2. The molecule has 11 nitrogen and oxygen atoms in total. The number of piperidine rings is 4.